The number of hydrogen-bond donors (Lipinski definition) is 3. The maximum Gasteiger partial charge on any atom is 0.252 e. The SMILES string of the molecule is CN1CN(CC(=O)NNc2ccccc2Cl)CSC1S. The number of benzene rings is 1. The molecule has 0 saturated carbocycles. The van der Waals surface area contributed by atoms with E-state index < -0.39 is 0 Å². The van der Waals surface area contributed by atoms with Crippen molar-refractivity contribution in [2.24, 2.45) is 0 Å². The second-order valence-corrected chi connectivity index (χ2v) is 6.79. The second kappa shape index (κ2) is 7.42. The highest BCUT2D eigenvalue weighted by atomic mass is 35.5. The Morgan fingerprint density at radius 1 is 1.55 bits per heavy atom. The molecule has 0 aromatic heterocycles. The molecule has 110 valence electrons. The molecule has 1 heterocycles. The third-order valence-electron chi connectivity index (χ3n) is 2.78. The van der Waals surface area contributed by atoms with E-state index >= 15 is 0 Å². The summed E-state index contributed by atoms with van der Waals surface area (Å²) >= 11 is 12.1. The fraction of sp³-hybridized carbons (Fsp3) is 0.417. The van der Waals surface area contributed by atoms with Crippen LogP contribution in [0.5, 0.6) is 0 Å². The van der Waals surface area contributed by atoms with Crippen molar-refractivity contribution in [3.63, 3.8) is 0 Å². The van der Waals surface area contributed by atoms with Gasteiger partial charge in [-0.15, -0.1) is 24.4 Å². The molecular formula is C12H17ClN4OS2. The number of hydrazine groups is 1. The summed E-state index contributed by atoms with van der Waals surface area (Å²) in [5.41, 5.74) is 6.16. The van der Waals surface area contributed by atoms with Crippen LogP contribution in [0.3, 0.4) is 0 Å². The molecule has 20 heavy (non-hydrogen) atoms. The zero-order valence-electron chi connectivity index (χ0n) is 11.0. The Morgan fingerprint density at radius 3 is 3.00 bits per heavy atom. The lowest BCUT2D eigenvalue weighted by atomic mass is 10.3. The summed E-state index contributed by atoms with van der Waals surface area (Å²) in [7, 11) is 1.98. The van der Waals surface area contributed by atoms with Crippen LogP contribution in [-0.4, -0.2) is 46.6 Å². The average molecular weight is 333 g/mol. The summed E-state index contributed by atoms with van der Waals surface area (Å²) in [6.07, 6.45) is 0. The van der Waals surface area contributed by atoms with Crippen molar-refractivity contribution in [1.29, 1.82) is 0 Å². The lowest BCUT2D eigenvalue weighted by molar-refractivity contribution is -0.122. The lowest BCUT2D eigenvalue weighted by Crippen LogP contribution is -2.48. The quantitative estimate of drug-likeness (QED) is 0.580. The fourth-order valence-corrected chi connectivity index (χ4v) is 3.06. The third-order valence-corrected chi connectivity index (χ3v) is 5.13. The van der Waals surface area contributed by atoms with Crippen molar-refractivity contribution in [3.8, 4) is 0 Å². The molecule has 1 aromatic carbocycles. The van der Waals surface area contributed by atoms with E-state index in [0.717, 1.165) is 12.5 Å². The standard InChI is InChI=1S/C12H17ClN4OS2/c1-16-7-17(8-20-12(16)19)6-11(18)15-14-10-5-3-2-4-9(10)13/h2-5,12,14,19H,6-8H2,1H3,(H,15,18). The van der Waals surface area contributed by atoms with Gasteiger partial charge < -0.3 is 0 Å². The van der Waals surface area contributed by atoms with Crippen LogP contribution in [0.2, 0.25) is 5.02 Å². The van der Waals surface area contributed by atoms with Gasteiger partial charge in [0.05, 0.1) is 23.9 Å². The van der Waals surface area contributed by atoms with Gasteiger partial charge in [-0.2, -0.15) is 0 Å². The number of amides is 1. The van der Waals surface area contributed by atoms with Crippen molar-refractivity contribution in [2.45, 2.75) is 4.71 Å². The minimum absolute atomic E-state index is 0.100. The van der Waals surface area contributed by atoms with Crippen LogP contribution in [0.1, 0.15) is 0 Å². The molecule has 0 radical (unpaired) electrons. The zero-order valence-corrected chi connectivity index (χ0v) is 13.5. The average Bonchev–Trinajstić information content (AvgIpc) is 2.42. The number of nitrogens with zero attached hydrogens (tertiary/aromatic N) is 2. The first-order valence-electron chi connectivity index (χ1n) is 6.08. The molecule has 8 heteroatoms. The molecule has 2 N–H and O–H groups in total. The summed E-state index contributed by atoms with van der Waals surface area (Å²) in [6, 6.07) is 7.26. The number of para-hydroxylation sites is 1. The topological polar surface area (TPSA) is 47.6 Å². The van der Waals surface area contributed by atoms with Crippen LogP contribution in [-0.2, 0) is 4.79 Å². The molecule has 2 rings (SSSR count). The number of halogens is 1. The largest absolute Gasteiger partial charge is 0.297 e. The summed E-state index contributed by atoms with van der Waals surface area (Å²) < 4.78 is 0.190. The maximum atomic E-state index is 11.9. The number of nitrogens with one attached hydrogen (secondary N) is 2. The van der Waals surface area contributed by atoms with Gasteiger partial charge in [0.25, 0.3) is 5.91 Å². The Morgan fingerprint density at radius 2 is 2.30 bits per heavy atom. The molecule has 1 saturated heterocycles. The number of anilines is 1. The Balaban J connectivity index is 1.77. The van der Waals surface area contributed by atoms with Gasteiger partial charge in [-0.3, -0.25) is 25.4 Å². The number of thiol groups is 1. The van der Waals surface area contributed by atoms with E-state index in [1.54, 1.807) is 23.9 Å². The van der Waals surface area contributed by atoms with Crippen LogP contribution in [0.4, 0.5) is 5.69 Å². The van der Waals surface area contributed by atoms with Crippen molar-refractivity contribution in [1.82, 2.24) is 15.2 Å². The Bertz CT molecular complexity index is 477. The number of rotatable bonds is 4. The van der Waals surface area contributed by atoms with E-state index in [4.69, 9.17) is 11.6 Å². The highest BCUT2D eigenvalue weighted by Crippen LogP contribution is 2.24. The van der Waals surface area contributed by atoms with Gasteiger partial charge in [-0.1, -0.05) is 23.7 Å². The molecule has 5 nitrogen and oxygen atoms in total. The van der Waals surface area contributed by atoms with Gasteiger partial charge in [0.15, 0.2) is 0 Å². The van der Waals surface area contributed by atoms with E-state index in [2.05, 4.69) is 28.4 Å². The number of carbonyl (C=O) groups is 1. The van der Waals surface area contributed by atoms with E-state index in [1.165, 1.54) is 0 Å². The summed E-state index contributed by atoms with van der Waals surface area (Å²) in [5, 5.41) is 0.568. The molecule has 1 fully saturated rings. The summed E-state index contributed by atoms with van der Waals surface area (Å²) in [4.78, 5) is 16.0. The molecule has 0 spiro atoms. The van der Waals surface area contributed by atoms with Gasteiger partial charge in [-0.25, -0.2) is 0 Å². The Kier molecular flexibility index (Phi) is 5.86. The lowest BCUT2D eigenvalue weighted by Gasteiger charge is -2.36. The number of thioether (sulfide) groups is 1. The summed E-state index contributed by atoms with van der Waals surface area (Å²) in [6.45, 7) is 1.05. The van der Waals surface area contributed by atoms with Crippen LogP contribution >= 0.6 is 36.0 Å². The van der Waals surface area contributed by atoms with Crippen molar-refractivity contribution in [3.05, 3.63) is 29.3 Å². The molecular weight excluding hydrogens is 316 g/mol. The molecule has 0 aliphatic carbocycles. The minimum Gasteiger partial charge on any atom is -0.297 e. The van der Waals surface area contributed by atoms with Gasteiger partial charge in [0.1, 0.15) is 4.71 Å². The molecule has 1 aliphatic heterocycles. The first kappa shape index (κ1) is 15.8. The highest BCUT2D eigenvalue weighted by Gasteiger charge is 2.22. The van der Waals surface area contributed by atoms with E-state index in [-0.39, 0.29) is 10.6 Å². The van der Waals surface area contributed by atoms with Gasteiger partial charge in [-0.05, 0) is 19.2 Å². The fourth-order valence-electron chi connectivity index (χ4n) is 1.76. The molecule has 0 bridgehead atoms. The van der Waals surface area contributed by atoms with Crippen LogP contribution in [0.15, 0.2) is 24.3 Å². The second-order valence-electron chi connectivity index (χ2n) is 4.50. The molecule has 1 aromatic rings. The maximum absolute atomic E-state index is 11.9. The molecule has 1 aliphatic rings. The van der Waals surface area contributed by atoms with Gasteiger partial charge >= 0.3 is 0 Å². The van der Waals surface area contributed by atoms with Crippen molar-refractivity contribution in [2.75, 3.05) is 31.6 Å². The van der Waals surface area contributed by atoms with Crippen LogP contribution < -0.4 is 10.9 Å². The predicted molar refractivity (Wildman–Crippen MR) is 87.8 cm³/mol. The van der Waals surface area contributed by atoms with Crippen LogP contribution in [0, 0.1) is 0 Å². The Hall–Kier alpha value is -0.600. The first-order valence-corrected chi connectivity index (χ1v) is 8.02. The highest BCUT2D eigenvalue weighted by molar-refractivity contribution is 8.10. The molecule has 1 unspecified atom stereocenters. The van der Waals surface area contributed by atoms with E-state index in [1.807, 2.05) is 24.1 Å². The summed E-state index contributed by atoms with van der Waals surface area (Å²) in [5.74, 6) is 0.689. The normalized spacial score (nSPS) is 20.6. The molecule has 1 atom stereocenters. The van der Waals surface area contributed by atoms with E-state index in [9.17, 15) is 4.79 Å². The zero-order chi connectivity index (χ0) is 14.5. The third kappa shape index (κ3) is 4.46. The molecule has 1 amide bonds. The first-order chi connectivity index (χ1) is 9.56. The smallest absolute Gasteiger partial charge is 0.252 e. The number of hydrogen-bond acceptors (Lipinski definition) is 6. The monoisotopic (exact) mass is 332 g/mol. The van der Waals surface area contributed by atoms with Crippen LogP contribution in [0.25, 0.3) is 0 Å². The van der Waals surface area contributed by atoms with E-state index in [0.29, 0.717) is 17.3 Å². The van der Waals surface area contributed by atoms with Gasteiger partial charge in [0.2, 0.25) is 0 Å². The van der Waals surface area contributed by atoms with Crippen molar-refractivity contribution < 1.29 is 4.79 Å². The van der Waals surface area contributed by atoms with Gasteiger partial charge in [0, 0.05) is 5.88 Å². The van der Waals surface area contributed by atoms with Crippen molar-refractivity contribution >= 4 is 47.6 Å². The Labute approximate surface area is 133 Å². The number of carbonyl (C=O) groups excluding carboxylic acids is 1. The predicted octanol–water partition coefficient (Wildman–Crippen LogP) is 1.89. The minimum atomic E-state index is -0.100.